The number of aromatic amines is 1. The second-order valence-corrected chi connectivity index (χ2v) is 6.87. The van der Waals surface area contributed by atoms with Gasteiger partial charge in [-0.05, 0) is 41.3 Å². The summed E-state index contributed by atoms with van der Waals surface area (Å²) in [4.78, 5) is 12.1. The topological polar surface area (TPSA) is 67.1 Å². The van der Waals surface area contributed by atoms with E-state index in [2.05, 4.69) is 39.4 Å². The summed E-state index contributed by atoms with van der Waals surface area (Å²) in [5.41, 5.74) is 10.2. The van der Waals surface area contributed by atoms with E-state index in [1.54, 1.807) is 19.5 Å². The maximum Gasteiger partial charge on any atom is 0.138 e. The van der Waals surface area contributed by atoms with Crippen molar-refractivity contribution in [1.29, 1.82) is 0 Å². The molecule has 1 fully saturated rings. The zero-order valence-electron chi connectivity index (χ0n) is 14.6. The first-order chi connectivity index (χ1) is 12.3. The van der Waals surface area contributed by atoms with Crippen LogP contribution >= 0.6 is 0 Å². The van der Waals surface area contributed by atoms with Crippen LogP contribution in [0.25, 0.3) is 27.4 Å². The van der Waals surface area contributed by atoms with Crippen molar-refractivity contribution >= 4 is 33.6 Å². The number of nitrogens with zero attached hydrogens (tertiary/aromatic N) is 2. The van der Waals surface area contributed by atoms with Gasteiger partial charge in [0, 0.05) is 48.2 Å². The van der Waals surface area contributed by atoms with E-state index < -0.39 is 0 Å². The summed E-state index contributed by atoms with van der Waals surface area (Å²) in [7, 11) is 1.76. The van der Waals surface area contributed by atoms with Gasteiger partial charge in [-0.1, -0.05) is 31.4 Å². The van der Waals surface area contributed by atoms with Crippen molar-refractivity contribution in [3.8, 4) is 0 Å². The van der Waals surface area contributed by atoms with Gasteiger partial charge in [0.25, 0.3) is 0 Å². The van der Waals surface area contributed by atoms with Gasteiger partial charge in [0.05, 0.1) is 0 Å². The average Bonchev–Trinajstić information content (AvgIpc) is 3.11. The summed E-state index contributed by atoms with van der Waals surface area (Å²) in [6.45, 7) is 0. The highest BCUT2D eigenvalue weighted by atomic mass is 14.8. The second kappa shape index (κ2) is 6.71. The number of nitrogens with two attached hydrogens (primary N) is 1. The molecule has 128 valence electrons. The molecule has 4 nitrogen and oxygen atoms in total. The highest BCUT2D eigenvalue weighted by Crippen LogP contribution is 2.38. The van der Waals surface area contributed by atoms with Gasteiger partial charge in [-0.3, -0.25) is 4.99 Å². The predicted octanol–water partition coefficient (Wildman–Crippen LogP) is 4.76. The van der Waals surface area contributed by atoms with Gasteiger partial charge in [-0.15, -0.1) is 0 Å². The van der Waals surface area contributed by atoms with E-state index in [1.165, 1.54) is 48.4 Å². The van der Waals surface area contributed by atoms with E-state index in [1.807, 2.05) is 6.20 Å². The van der Waals surface area contributed by atoms with Crippen LogP contribution in [-0.2, 0) is 0 Å². The predicted molar refractivity (Wildman–Crippen MR) is 106 cm³/mol. The Morgan fingerprint density at radius 2 is 2.12 bits per heavy atom. The molecule has 0 aliphatic heterocycles. The van der Waals surface area contributed by atoms with Crippen molar-refractivity contribution in [2.75, 3.05) is 7.05 Å². The van der Waals surface area contributed by atoms with Crippen LogP contribution in [0.15, 0.2) is 41.8 Å². The number of hydrogen-bond acceptors (Lipinski definition) is 3. The molecule has 0 saturated heterocycles. The number of aliphatic imine (C=N–C) groups is 1. The molecule has 1 aliphatic carbocycles. The molecule has 1 saturated carbocycles. The molecular weight excluding hydrogens is 308 g/mol. The monoisotopic (exact) mass is 332 g/mol. The SMILES string of the molecule is CN=C/C(=C\N)c1ccc2cnc3[nH]cc(C4CCCCC4)c3c2c1. The molecule has 4 rings (SSSR count). The molecule has 0 unspecified atom stereocenters. The van der Waals surface area contributed by atoms with Crippen LogP contribution in [-0.4, -0.2) is 23.2 Å². The van der Waals surface area contributed by atoms with Crippen molar-refractivity contribution in [3.63, 3.8) is 0 Å². The fraction of sp³-hybridized carbons (Fsp3) is 0.333. The lowest BCUT2D eigenvalue weighted by Gasteiger charge is -2.21. The van der Waals surface area contributed by atoms with Crippen LogP contribution in [0.5, 0.6) is 0 Å². The smallest absolute Gasteiger partial charge is 0.138 e. The molecule has 25 heavy (non-hydrogen) atoms. The van der Waals surface area contributed by atoms with E-state index in [4.69, 9.17) is 5.73 Å². The van der Waals surface area contributed by atoms with Gasteiger partial charge in [0.2, 0.25) is 0 Å². The Balaban J connectivity index is 1.93. The number of rotatable bonds is 3. The van der Waals surface area contributed by atoms with Gasteiger partial charge in [-0.25, -0.2) is 4.98 Å². The Morgan fingerprint density at radius 3 is 2.88 bits per heavy atom. The summed E-state index contributed by atoms with van der Waals surface area (Å²) in [6.07, 6.45) is 14.1. The Hall–Kier alpha value is -2.62. The number of pyridine rings is 1. The molecule has 4 heteroatoms. The zero-order valence-corrected chi connectivity index (χ0v) is 14.6. The Kier molecular flexibility index (Phi) is 4.26. The molecule has 0 radical (unpaired) electrons. The summed E-state index contributed by atoms with van der Waals surface area (Å²) in [5, 5.41) is 3.68. The van der Waals surface area contributed by atoms with Gasteiger partial charge >= 0.3 is 0 Å². The van der Waals surface area contributed by atoms with Gasteiger partial charge in [0.1, 0.15) is 5.65 Å². The lowest BCUT2D eigenvalue weighted by Crippen LogP contribution is -2.03. The van der Waals surface area contributed by atoms with Gasteiger partial charge < -0.3 is 10.7 Å². The van der Waals surface area contributed by atoms with Crippen molar-refractivity contribution in [2.45, 2.75) is 38.0 Å². The molecule has 0 bridgehead atoms. The maximum absolute atomic E-state index is 5.80. The first-order valence-electron chi connectivity index (χ1n) is 9.06. The molecule has 3 aromatic rings. The van der Waals surface area contributed by atoms with E-state index in [0.29, 0.717) is 5.92 Å². The molecule has 2 aromatic heterocycles. The Bertz CT molecular complexity index is 959. The van der Waals surface area contributed by atoms with Crippen molar-refractivity contribution in [1.82, 2.24) is 9.97 Å². The van der Waals surface area contributed by atoms with E-state index in [0.717, 1.165) is 22.2 Å². The third-order valence-electron chi connectivity index (χ3n) is 5.37. The number of benzene rings is 1. The molecule has 1 aliphatic rings. The molecule has 3 N–H and O–H groups in total. The van der Waals surface area contributed by atoms with Crippen molar-refractivity contribution < 1.29 is 0 Å². The number of hydrogen-bond donors (Lipinski definition) is 2. The first kappa shape index (κ1) is 15.9. The molecule has 2 heterocycles. The Morgan fingerprint density at radius 1 is 1.28 bits per heavy atom. The molecule has 0 spiro atoms. The van der Waals surface area contributed by atoms with Crippen molar-refractivity contribution in [3.05, 3.63) is 47.9 Å². The first-order valence-corrected chi connectivity index (χ1v) is 9.06. The summed E-state index contributed by atoms with van der Waals surface area (Å²) >= 11 is 0. The number of allylic oxidation sites excluding steroid dienone is 1. The highest BCUT2D eigenvalue weighted by molar-refractivity contribution is 6.13. The van der Waals surface area contributed by atoms with Gasteiger partial charge in [0.15, 0.2) is 0 Å². The third-order valence-corrected chi connectivity index (χ3v) is 5.37. The summed E-state index contributed by atoms with van der Waals surface area (Å²) < 4.78 is 0. The lowest BCUT2D eigenvalue weighted by molar-refractivity contribution is 0.445. The normalized spacial score (nSPS) is 17.1. The van der Waals surface area contributed by atoms with Gasteiger partial charge in [-0.2, -0.15) is 0 Å². The largest absolute Gasteiger partial charge is 0.404 e. The minimum absolute atomic E-state index is 0.639. The van der Waals surface area contributed by atoms with Crippen LogP contribution in [0, 0.1) is 0 Å². The minimum atomic E-state index is 0.639. The molecular formula is C21H24N4. The number of aromatic nitrogens is 2. The fourth-order valence-electron chi connectivity index (χ4n) is 4.10. The maximum atomic E-state index is 5.80. The van der Waals surface area contributed by atoms with Crippen LogP contribution in [0.2, 0.25) is 0 Å². The Labute approximate surface area is 147 Å². The van der Waals surface area contributed by atoms with E-state index in [9.17, 15) is 0 Å². The molecule has 0 amide bonds. The highest BCUT2D eigenvalue weighted by Gasteiger charge is 2.20. The lowest BCUT2D eigenvalue weighted by atomic mass is 9.83. The number of H-pyrrole nitrogens is 1. The van der Waals surface area contributed by atoms with E-state index in [-0.39, 0.29) is 0 Å². The quantitative estimate of drug-likeness (QED) is 0.679. The number of fused-ring (bicyclic) bond motifs is 3. The van der Waals surface area contributed by atoms with E-state index >= 15 is 0 Å². The van der Waals surface area contributed by atoms with Crippen LogP contribution in [0.1, 0.15) is 49.1 Å². The van der Waals surface area contributed by atoms with Crippen molar-refractivity contribution in [2.24, 2.45) is 10.7 Å². The van der Waals surface area contributed by atoms with Crippen LogP contribution in [0.3, 0.4) is 0 Å². The fourth-order valence-corrected chi connectivity index (χ4v) is 4.10. The third kappa shape index (κ3) is 2.82. The van der Waals surface area contributed by atoms with Crippen LogP contribution < -0.4 is 5.73 Å². The summed E-state index contributed by atoms with van der Waals surface area (Å²) in [5.74, 6) is 0.639. The van der Waals surface area contributed by atoms with Crippen LogP contribution in [0.4, 0.5) is 0 Å². The minimum Gasteiger partial charge on any atom is -0.404 e. The second-order valence-electron chi connectivity index (χ2n) is 6.87. The number of nitrogens with one attached hydrogen (secondary N) is 1. The average molecular weight is 332 g/mol. The summed E-state index contributed by atoms with van der Waals surface area (Å²) in [6, 6.07) is 6.44. The standard InChI is InChI=1S/C21H24N4/c1-23-11-17(10-22)15-7-8-16-12-24-21-20(18(16)9-15)19(13-25-21)14-5-3-2-4-6-14/h7-14H,2-6,22H2,1H3,(H,24,25)/b17-10+,23-11?. The molecule has 1 aromatic carbocycles. The molecule has 0 atom stereocenters. The zero-order chi connectivity index (χ0) is 17.2.